The van der Waals surface area contributed by atoms with Crippen LogP contribution in [0.25, 0.3) is 0 Å². The number of hydrogen-bond donors (Lipinski definition) is 0. The Morgan fingerprint density at radius 1 is 1.25 bits per heavy atom. The SMILES string of the molecule is [CH2]c1ccc(COCCC)cc1. The second-order valence-corrected chi connectivity index (χ2v) is 2.87. The Hall–Kier alpha value is -0.820. The summed E-state index contributed by atoms with van der Waals surface area (Å²) in [5.74, 6) is 0. The highest BCUT2D eigenvalue weighted by molar-refractivity contribution is 5.23. The minimum atomic E-state index is 0.716. The van der Waals surface area contributed by atoms with Gasteiger partial charge in [0.15, 0.2) is 0 Å². The zero-order valence-corrected chi connectivity index (χ0v) is 7.55. The van der Waals surface area contributed by atoms with Crippen molar-refractivity contribution in [2.45, 2.75) is 20.0 Å². The first kappa shape index (κ1) is 9.27. The van der Waals surface area contributed by atoms with Crippen LogP contribution in [0.3, 0.4) is 0 Å². The first-order valence-corrected chi connectivity index (χ1v) is 4.31. The molecule has 0 spiro atoms. The van der Waals surface area contributed by atoms with E-state index in [1.807, 2.05) is 12.1 Å². The molecule has 0 unspecified atom stereocenters. The first-order valence-electron chi connectivity index (χ1n) is 4.31. The summed E-state index contributed by atoms with van der Waals surface area (Å²) in [6.07, 6.45) is 1.08. The van der Waals surface area contributed by atoms with Crippen LogP contribution in [0, 0.1) is 6.92 Å². The topological polar surface area (TPSA) is 9.23 Å². The molecule has 1 radical (unpaired) electrons. The molecule has 0 amide bonds. The van der Waals surface area contributed by atoms with Crippen molar-refractivity contribution in [3.8, 4) is 0 Å². The van der Waals surface area contributed by atoms with Gasteiger partial charge in [-0.15, -0.1) is 0 Å². The Morgan fingerprint density at radius 3 is 2.50 bits per heavy atom. The molecule has 0 aliphatic heterocycles. The number of hydrogen-bond acceptors (Lipinski definition) is 1. The highest BCUT2D eigenvalue weighted by Gasteiger charge is 1.91. The summed E-state index contributed by atoms with van der Waals surface area (Å²) in [6, 6.07) is 8.12. The summed E-state index contributed by atoms with van der Waals surface area (Å²) in [5.41, 5.74) is 2.27. The third-order valence-corrected chi connectivity index (χ3v) is 1.64. The molecule has 0 fully saturated rings. The minimum Gasteiger partial charge on any atom is -0.377 e. The molecule has 1 aromatic rings. The molecule has 1 heteroatoms. The van der Waals surface area contributed by atoms with Gasteiger partial charge in [-0.2, -0.15) is 0 Å². The van der Waals surface area contributed by atoms with Gasteiger partial charge >= 0.3 is 0 Å². The highest BCUT2D eigenvalue weighted by Crippen LogP contribution is 2.04. The van der Waals surface area contributed by atoms with Crippen LogP contribution in [0.4, 0.5) is 0 Å². The number of rotatable bonds is 4. The molecule has 0 saturated heterocycles. The number of benzene rings is 1. The quantitative estimate of drug-likeness (QED) is 0.620. The molecule has 1 aromatic carbocycles. The molecular weight excluding hydrogens is 148 g/mol. The monoisotopic (exact) mass is 163 g/mol. The summed E-state index contributed by atoms with van der Waals surface area (Å²) in [6.45, 7) is 7.48. The van der Waals surface area contributed by atoms with Gasteiger partial charge in [0.1, 0.15) is 0 Å². The molecule has 0 aromatic heterocycles. The fourth-order valence-electron chi connectivity index (χ4n) is 0.970. The van der Waals surface area contributed by atoms with Crippen molar-refractivity contribution in [2.24, 2.45) is 0 Å². The lowest BCUT2D eigenvalue weighted by Gasteiger charge is -2.02. The molecule has 0 saturated carbocycles. The van der Waals surface area contributed by atoms with Crippen molar-refractivity contribution < 1.29 is 4.74 Å². The molecule has 12 heavy (non-hydrogen) atoms. The maximum absolute atomic E-state index is 5.39. The van der Waals surface area contributed by atoms with Gasteiger partial charge in [0.2, 0.25) is 0 Å². The van der Waals surface area contributed by atoms with Gasteiger partial charge in [-0.05, 0) is 24.5 Å². The lowest BCUT2D eigenvalue weighted by Crippen LogP contribution is -1.93. The molecule has 65 valence electrons. The van der Waals surface area contributed by atoms with Gasteiger partial charge in [-0.25, -0.2) is 0 Å². The highest BCUT2D eigenvalue weighted by atomic mass is 16.5. The van der Waals surface area contributed by atoms with Gasteiger partial charge in [0.25, 0.3) is 0 Å². The van der Waals surface area contributed by atoms with Crippen LogP contribution in [0.1, 0.15) is 24.5 Å². The molecular formula is C11H15O. The Morgan fingerprint density at radius 2 is 1.92 bits per heavy atom. The summed E-state index contributed by atoms with van der Waals surface area (Å²) >= 11 is 0. The zero-order chi connectivity index (χ0) is 8.81. The van der Waals surface area contributed by atoms with E-state index in [1.54, 1.807) is 0 Å². The molecule has 1 rings (SSSR count). The molecule has 0 bridgehead atoms. The van der Waals surface area contributed by atoms with Gasteiger partial charge < -0.3 is 4.74 Å². The Labute approximate surface area is 74.4 Å². The number of ether oxygens (including phenoxy) is 1. The smallest absolute Gasteiger partial charge is 0.0716 e. The van der Waals surface area contributed by atoms with E-state index in [0.717, 1.165) is 18.6 Å². The van der Waals surface area contributed by atoms with Crippen molar-refractivity contribution in [3.63, 3.8) is 0 Å². The lowest BCUT2D eigenvalue weighted by atomic mass is 10.2. The van der Waals surface area contributed by atoms with Crippen molar-refractivity contribution in [1.82, 2.24) is 0 Å². The molecule has 0 heterocycles. The van der Waals surface area contributed by atoms with Gasteiger partial charge in [0, 0.05) is 6.61 Å². The maximum Gasteiger partial charge on any atom is 0.0716 e. The van der Waals surface area contributed by atoms with Crippen LogP contribution in [-0.4, -0.2) is 6.61 Å². The van der Waals surface area contributed by atoms with E-state index in [0.29, 0.717) is 6.61 Å². The largest absolute Gasteiger partial charge is 0.377 e. The van der Waals surface area contributed by atoms with Crippen molar-refractivity contribution >= 4 is 0 Å². The van der Waals surface area contributed by atoms with E-state index >= 15 is 0 Å². The first-order chi connectivity index (χ1) is 5.83. The lowest BCUT2D eigenvalue weighted by molar-refractivity contribution is 0.121. The molecule has 0 aliphatic rings. The van der Waals surface area contributed by atoms with Gasteiger partial charge in [0.05, 0.1) is 6.61 Å². The average Bonchev–Trinajstić information content (AvgIpc) is 2.09. The Bertz CT molecular complexity index is 213. The second-order valence-electron chi connectivity index (χ2n) is 2.87. The fourth-order valence-corrected chi connectivity index (χ4v) is 0.970. The van der Waals surface area contributed by atoms with Crippen molar-refractivity contribution in [2.75, 3.05) is 6.61 Å². The average molecular weight is 163 g/mol. The van der Waals surface area contributed by atoms with Crippen LogP contribution < -0.4 is 0 Å². The van der Waals surface area contributed by atoms with Gasteiger partial charge in [-0.3, -0.25) is 0 Å². The normalized spacial score (nSPS) is 10.2. The van der Waals surface area contributed by atoms with E-state index in [2.05, 4.69) is 26.0 Å². The zero-order valence-electron chi connectivity index (χ0n) is 7.55. The molecule has 1 nitrogen and oxygen atoms in total. The summed E-state index contributed by atoms with van der Waals surface area (Å²) in [4.78, 5) is 0. The third kappa shape index (κ3) is 3.05. The van der Waals surface area contributed by atoms with E-state index in [9.17, 15) is 0 Å². The Kier molecular flexibility index (Phi) is 3.81. The maximum atomic E-state index is 5.39. The minimum absolute atomic E-state index is 0.716. The van der Waals surface area contributed by atoms with Gasteiger partial charge in [-0.1, -0.05) is 31.2 Å². The van der Waals surface area contributed by atoms with E-state index < -0.39 is 0 Å². The van der Waals surface area contributed by atoms with Crippen LogP contribution in [0.5, 0.6) is 0 Å². The second kappa shape index (κ2) is 4.94. The molecule has 0 aliphatic carbocycles. The molecule has 0 atom stereocenters. The predicted molar refractivity (Wildman–Crippen MR) is 50.8 cm³/mol. The van der Waals surface area contributed by atoms with Crippen LogP contribution in [0.2, 0.25) is 0 Å². The Balaban J connectivity index is 2.37. The third-order valence-electron chi connectivity index (χ3n) is 1.64. The summed E-state index contributed by atoms with van der Waals surface area (Å²) < 4.78 is 5.39. The van der Waals surface area contributed by atoms with Crippen molar-refractivity contribution in [1.29, 1.82) is 0 Å². The fraction of sp³-hybridized carbons (Fsp3) is 0.364. The van der Waals surface area contributed by atoms with Crippen molar-refractivity contribution in [3.05, 3.63) is 42.3 Å². The van der Waals surface area contributed by atoms with E-state index in [4.69, 9.17) is 4.74 Å². The summed E-state index contributed by atoms with van der Waals surface area (Å²) in [7, 11) is 0. The summed E-state index contributed by atoms with van der Waals surface area (Å²) in [5, 5.41) is 0. The van der Waals surface area contributed by atoms with Crippen LogP contribution >= 0.6 is 0 Å². The molecule has 0 N–H and O–H groups in total. The van der Waals surface area contributed by atoms with E-state index in [1.165, 1.54) is 5.56 Å². The predicted octanol–water partition coefficient (Wildman–Crippen LogP) is 2.80. The van der Waals surface area contributed by atoms with Crippen LogP contribution in [-0.2, 0) is 11.3 Å². The van der Waals surface area contributed by atoms with Crippen LogP contribution in [0.15, 0.2) is 24.3 Å². The van der Waals surface area contributed by atoms with E-state index in [-0.39, 0.29) is 0 Å². The standard InChI is InChI=1S/C11H15O/c1-3-8-12-9-11-6-4-10(2)5-7-11/h4-7H,2-3,8-9H2,1H3.